The number of unbranched alkanes of at least 4 members (excludes halogenated alkanes) is 1. The van der Waals surface area contributed by atoms with Crippen LogP contribution in [-0.2, 0) is 33.2 Å². The van der Waals surface area contributed by atoms with E-state index in [2.05, 4.69) is 0 Å². The second-order valence-electron chi connectivity index (χ2n) is 10.3. The van der Waals surface area contributed by atoms with Crippen molar-refractivity contribution in [1.82, 2.24) is 0 Å². The number of aliphatic hydroxyl groups is 1. The van der Waals surface area contributed by atoms with Crippen molar-refractivity contribution in [1.29, 1.82) is 0 Å². The van der Waals surface area contributed by atoms with Crippen molar-refractivity contribution in [2.45, 2.75) is 94.4 Å². The highest BCUT2D eigenvalue weighted by molar-refractivity contribution is 5.77. The fourth-order valence-electron chi connectivity index (χ4n) is 5.38. The SMILES string of the molecule is O=C(OCC1CO1)C1(CC2CCC3OC3C2)CCC2OC2C1.OCCCCOCC1CO1. The lowest BCUT2D eigenvalue weighted by atomic mass is 9.67. The van der Waals surface area contributed by atoms with E-state index in [1.807, 2.05) is 0 Å². The van der Waals surface area contributed by atoms with Crippen LogP contribution in [0.3, 0.4) is 0 Å². The Hall–Kier alpha value is -0.770. The van der Waals surface area contributed by atoms with E-state index in [9.17, 15) is 4.79 Å². The number of hydrogen-bond acceptors (Lipinski definition) is 8. The number of carbonyl (C=O) groups is 1. The van der Waals surface area contributed by atoms with E-state index in [1.54, 1.807) is 0 Å². The minimum absolute atomic E-state index is 0.00390. The Morgan fingerprint density at radius 3 is 2.41 bits per heavy atom. The molecular formula is C24H38O8. The molecule has 0 bridgehead atoms. The zero-order chi connectivity index (χ0) is 22.0. The predicted molar refractivity (Wildman–Crippen MR) is 113 cm³/mol. The Balaban J connectivity index is 0.000000183. The molecule has 0 spiro atoms. The molecule has 4 heterocycles. The number of esters is 1. The first kappa shape index (κ1) is 23.0. The summed E-state index contributed by atoms with van der Waals surface area (Å²) in [7, 11) is 0. The molecule has 4 aliphatic heterocycles. The van der Waals surface area contributed by atoms with Crippen molar-refractivity contribution in [3.8, 4) is 0 Å². The van der Waals surface area contributed by atoms with Gasteiger partial charge in [0.15, 0.2) is 0 Å². The molecular weight excluding hydrogens is 416 g/mol. The van der Waals surface area contributed by atoms with E-state index in [0.717, 1.165) is 71.4 Å². The third-order valence-electron chi connectivity index (χ3n) is 7.62. The molecule has 0 amide bonds. The highest BCUT2D eigenvalue weighted by atomic mass is 16.6. The summed E-state index contributed by atoms with van der Waals surface area (Å²) >= 11 is 0. The third-order valence-corrected chi connectivity index (χ3v) is 7.62. The van der Waals surface area contributed by atoms with Gasteiger partial charge in [0.25, 0.3) is 0 Å². The second kappa shape index (κ2) is 10.2. The Morgan fingerprint density at radius 1 is 0.938 bits per heavy atom. The molecule has 4 saturated heterocycles. The Morgan fingerprint density at radius 2 is 1.69 bits per heavy atom. The molecule has 2 aliphatic carbocycles. The van der Waals surface area contributed by atoms with Gasteiger partial charge in [-0.05, 0) is 63.7 Å². The van der Waals surface area contributed by atoms with Gasteiger partial charge >= 0.3 is 5.97 Å². The van der Waals surface area contributed by atoms with Crippen LogP contribution >= 0.6 is 0 Å². The normalized spacial score (nSPS) is 42.6. The van der Waals surface area contributed by atoms with Gasteiger partial charge in [0.05, 0.1) is 49.7 Å². The van der Waals surface area contributed by atoms with Crippen LogP contribution < -0.4 is 0 Å². The molecule has 0 aromatic rings. The van der Waals surface area contributed by atoms with Crippen LogP contribution in [-0.4, -0.2) is 87.3 Å². The van der Waals surface area contributed by atoms with Gasteiger partial charge in [-0.15, -0.1) is 0 Å². The molecule has 8 heteroatoms. The first-order valence-electron chi connectivity index (χ1n) is 12.6. The molecule has 1 N–H and O–H groups in total. The number of rotatable bonds is 11. The van der Waals surface area contributed by atoms with Crippen molar-refractivity contribution < 1.29 is 38.3 Å². The van der Waals surface area contributed by atoms with Crippen molar-refractivity contribution in [3.63, 3.8) is 0 Å². The highest BCUT2D eigenvalue weighted by Crippen LogP contribution is 2.53. The molecule has 2 saturated carbocycles. The zero-order valence-electron chi connectivity index (χ0n) is 19.0. The molecule has 8 nitrogen and oxygen atoms in total. The first-order valence-corrected chi connectivity index (χ1v) is 12.6. The Labute approximate surface area is 190 Å². The Kier molecular flexibility index (Phi) is 7.36. The summed E-state index contributed by atoms with van der Waals surface area (Å²) < 4.78 is 32.3. The van der Waals surface area contributed by atoms with Gasteiger partial charge in [-0.1, -0.05) is 0 Å². The third kappa shape index (κ3) is 6.42. The molecule has 8 unspecified atom stereocenters. The number of hydrogen-bond donors (Lipinski definition) is 1. The summed E-state index contributed by atoms with van der Waals surface area (Å²) in [6.45, 7) is 3.76. The summed E-state index contributed by atoms with van der Waals surface area (Å²) in [5, 5.41) is 8.41. The van der Waals surface area contributed by atoms with Crippen LogP contribution in [0.1, 0.15) is 57.8 Å². The van der Waals surface area contributed by atoms with Crippen molar-refractivity contribution in [2.24, 2.45) is 11.3 Å². The van der Waals surface area contributed by atoms with Gasteiger partial charge in [0, 0.05) is 13.2 Å². The summed E-state index contributed by atoms with van der Waals surface area (Å²) in [6, 6.07) is 0. The summed E-state index contributed by atoms with van der Waals surface area (Å²) in [5.74, 6) is 0.597. The average molecular weight is 455 g/mol. The lowest BCUT2D eigenvalue weighted by molar-refractivity contribution is -0.160. The molecule has 0 aromatic heterocycles. The van der Waals surface area contributed by atoms with Crippen LogP contribution in [0, 0.1) is 11.3 Å². The first-order chi connectivity index (χ1) is 15.6. The highest BCUT2D eigenvalue weighted by Gasteiger charge is 2.56. The smallest absolute Gasteiger partial charge is 0.312 e. The maximum absolute atomic E-state index is 12.8. The molecule has 0 aromatic carbocycles. The molecule has 32 heavy (non-hydrogen) atoms. The van der Waals surface area contributed by atoms with Gasteiger partial charge in [0.1, 0.15) is 18.8 Å². The molecule has 0 radical (unpaired) electrons. The molecule has 182 valence electrons. The van der Waals surface area contributed by atoms with Crippen LogP contribution in [0.15, 0.2) is 0 Å². The quantitative estimate of drug-likeness (QED) is 0.287. The summed E-state index contributed by atoms with van der Waals surface area (Å²) in [5.41, 5.74) is -0.320. The largest absolute Gasteiger partial charge is 0.462 e. The van der Waals surface area contributed by atoms with Crippen LogP contribution in [0.4, 0.5) is 0 Å². The number of aliphatic hydroxyl groups excluding tert-OH is 1. The standard InChI is InChI=1S/C17H24O5.C7H14O3/c18-16(20-9-11-8-19-11)17(4-3-13-15(7-17)22-13)6-10-1-2-12-14(5-10)21-12;8-3-1-2-4-9-5-7-6-10-7/h10-15H,1-9H2;7-8H,1-6H2. The molecule has 6 fully saturated rings. The van der Waals surface area contributed by atoms with Crippen LogP contribution in [0.25, 0.3) is 0 Å². The Bertz CT molecular complexity index is 635. The monoisotopic (exact) mass is 454 g/mol. The topological polar surface area (TPSA) is 106 Å². The van der Waals surface area contributed by atoms with Gasteiger partial charge in [-0.3, -0.25) is 4.79 Å². The van der Waals surface area contributed by atoms with Gasteiger partial charge in [0.2, 0.25) is 0 Å². The van der Waals surface area contributed by atoms with E-state index in [0.29, 0.717) is 43.0 Å². The van der Waals surface area contributed by atoms with Gasteiger partial charge < -0.3 is 33.5 Å². The van der Waals surface area contributed by atoms with Crippen molar-refractivity contribution >= 4 is 5.97 Å². The summed E-state index contributed by atoms with van der Waals surface area (Å²) in [6.07, 6.45) is 11.2. The zero-order valence-corrected chi connectivity index (χ0v) is 19.0. The van der Waals surface area contributed by atoms with Gasteiger partial charge in [-0.25, -0.2) is 0 Å². The van der Waals surface area contributed by atoms with Crippen LogP contribution in [0.2, 0.25) is 0 Å². The van der Waals surface area contributed by atoms with E-state index in [4.69, 9.17) is 33.5 Å². The number of epoxide rings is 4. The van der Waals surface area contributed by atoms with E-state index in [-0.39, 0.29) is 24.1 Å². The number of fused-ring (bicyclic) bond motifs is 2. The average Bonchev–Trinajstić information content (AvgIpc) is 3.60. The lowest BCUT2D eigenvalue weighted by Crippen LogP contribution is -2.40. The molecule has 6 aliphatic rings. The maximum atomic E-state index is 12.8. The summed E-state index contributed by atoms with van der Waals surface area (Å²) in [4.78, 5) is 12.8. The van der Waals surface area contributed by atoms with Gasteiger partial charge in [-0.2, -0.15) is 0 Å². The molecule has 6 rings (SSSR count). The van der Waals surface area contributed by atoms with E-state index >= 15 is 0 Å². The van der Waals surface area contributed by atoms with E-state index in [1.165, 1.54) is 12.8 Å². The fraction of sp³-hybridized carbons (Fsp3) is 0.958. The van der Waals surface area contributed by atoms with Crippen molar-refractivity contribution in [3.05, 3.63) is 0 Å². The predicted octanol–water partition coefficient (Wildman–Crippen LogP) is 2.00. The van der Waals surface area contributed by atoms with E-state index < -0.39 is 0 Å². The molecule has 8 atom stereocenters. The minimum Gasteiger partial charge on any atom is -0.462 e. The van der Waals surface area contributed by atoms with Crippen molar-refractivity contribution in [2.75, 3.05) is 39.6 Å². The number of carbonyl (C=O) groups excluding carboxylic acids is 1. The fourth-order valence-corrected chi connectivity index (χ4v) is 5.38. The van der Waals surface area contributed by atoms with Crippen LogP contribution in [0.5, 0.6) is 0 Å². The second-order valence-corrected chi connectivity index (χ2v) is 10.3. The minimum atomic E-state index is -0.320. The lowest BCUT2D eigenvalue weighted by Gasteiger charge is -2.36. The number of ether oxygens (including phenoxy) is 6. The maximum Gasteiger partial charge on any atom is 0.312 e.